The maximum Gasteiger partial charge on any atom is 0.252 e. The molecular weight excluding hydrogens is 402 g/mol. The summed E-state index contributed by atoms with van der Waals surface area (Å²) in [6.07, 6.45) is 3.09. The number of aromatic hydroxyl groups is 1. The lowest BCUT2D eigenvalue weighted by Crippen LogP contribution is -2.36. The normalized spacial score (nSPS) is 14.6. The number of hydrogen-bond acceptors (Lipinski definition) is 8. The fraction of sp³-hybridized carbons (Fsp3) is 0.136. The van der Waals surface area contributed by atoms with Crippen molar-refractivity contribution < 1.29 is 9.84 Å². The molecule has 3 aromatic carbocycles. The fourth-order valence-corrected chi connectivity index (χ4v) is 4.41. The minimum atomic E-state index is -0.613. The predicted molar refractivity (Wildman–Crippen MR) is 121 cm³/mol. The third kappa shape index (κ3) is 3.35. The van der Waals surface area contributed by atoms with E-state index in [1.54, 1.807) is 36.0 Å². The van der Waals surface area contributed by atoms with E-state index in [0.717, 1.165) is 22.2 Å². The third-order valence-corrected chi connectivity index (χ3v) is 5.91. The Balaban J connectivity index is 1.59. The number of fused-ring (bicyclic) bond motifs is 1. The fourth-order valence-electron chi connectivity index (χ4n) is 3.24. The summed E-state index contributed by atoms with van der Waals surface area (Å²) in [6, 6.07) is 13.0. The Hall–Kier alpha value is -3.52. The number of phenolic OH excluding ortho intramolecular Hbond substituents is 1. The zero-order valence-electron chi connectivity index (χ0n) is 16.4. The summed E-state index contributed by atoms with van der Waals surface area (Å²) >= 11 is 1.55. The highest BCUT2D eigenvalue weighted by Gasteiger charge is 2.26. The molecule has 2 N–H and O–H groups in total. The number of anilines is 2. The van der Waals surface area contributed by atoms with Gasteiger partial charge in [0.25, 0.3) is 5.43 Å². The first kappa shape index (κ1) is 19.8. The van der Waals surface area contributed by atoms with E-state index in [-0.39, 0.29) is 11.4 Å². The SMILES string of the molecule is CCN1/C(=C/c2c(N/N=C/c3cccc(OC)c3O)c(=O)c2=O)Sc2ccccc21. The van der Waals surface area contributed by atoms with E-state index in [0.29, 0.717) is 16.9 Å². The second kappa shape index (κ2) is 8.08. The monoisotopic (exact) mass is 421 g/mol. The molecule has 8 heteroatoms. The van der Waals surface area contributed by atoms with Gasteiger partial charge in [-0.15, -0.1) is 0 Å². The summed E-state index contributed by atoms with van der Waals surface area (Å²) in [5.41, 5.74) is 3.41. The van der Waals surface area contributed by atoms with Gasteiger partial charge in [0.2, 0.25) is 5.43 Å². The average Bonchev–Trinajstić information content (AvgIpc) is 3.13. The van der Waals surface area contributed by atoms with Crippen LogP contribution in [0.5, 0.6) is 11.5 Å². The lowest BCUT2D eigenvalue weighted by Gasteiger charge is -2.18. The Morgan fingerprint density at radius 1 is 1.17 bits per heavy atom. The molecule has 0 saturated carbocycles. The molecule has 7 nitrogen and oxygen atoms in total. The summed E-state index contributed by atoms with van der Waals surface area (Å²) in [5.74, 6) is 0.257. The molecule has 0 bridgehead atoms. The molecule has 0 radical (unpaired) electrons. The van der Waals surface area contributed by atoms with Crippen molar-refractivity contribution >= 4 is 35.4 Å². The van der Waals surface area contributed by atoms with E-state index < -0.39 is 10.9 Å². The number of para-hydroxylation sites is 2. The Labute approximate surface area is 177 Å². The summed E-state index contributed by atoms with van der Waals surface area (Å²) < 4.78 is 5.06. The van der Waals surface area contributed by atoms with Gasteiger partial charge in [0.05, 0.1) is 29.6 Å². The maximum atomic E-state index is 12.2. The Kier molecular flexibility index (Phi) is 5.33. The summed E-state index contributed by atoms with van der Waals surface area (Å²) in [7, 11) is 1.45. The number of nitrogens with zero attached hydrogens (tertiary/aromatic N) is 2. The number of phenols is 1. The van der Waals surface area contributed by atoms with E-state index in [1.807, 2.05) is 31.2 Å². The van der Waals surface area contributed by atoms with Crippen molar-refractivity contribution in [2.75, 3.05) is 24.0 Å². The molecule has 0 atom stereocenters. The number of ether oxygens (including phenoxy) is 1. The highest BCUT2D eigenvalue weighted by Crippen LogP contribution is 2.46. The van der Waals surface area contributed by atoms with Crippen LogP contribution in [-0.2, 0) is 0 Å². The molecule has 0 spiro atoms. The number of rotatable bonds is 6. The van der Waals surface area contributed by atoms with E-state index in [2.05, 4.69) is 15.4 Å². The van der Waals surface area contributed by atoms with Crippen LogP contribution in [0.4, 0.5) is 11.4 Å². The number of methoxy groups -OCH3 is 1. The van der Waals surface area contributed by atoms with Crippen LogP contribution >= 0.6 is 11.8 Å². The molecule has 152 valence electrons. The molecule has 0 unspecified atom stereocenters. The minimum absolute atomic E-state index is 0.0587. The Morgan fingerprint density at radius 2 is 1.97 bits per heavy atom. The van der Waals surface area contributed by atoms with Gasteiger partial charge in [-0.25, -0.2) is 0 Å². The molecule has 0 fully saturated rings. The summed E-state index contributed by atoms with van der Waals surface area (Å²) in [6.45, 7) is 2.77. The van der Waals surface area contributed by atoms with Crippen molar-refractivity contribution in [3.63, 3.8) is 0 Å². The van der Waals surface area contributed by atoms with Gasteiger partial charge in [-0.1, -0.05) is 30.0 Å². The molecule has 0 aliphatic carbocycles. The van der Waals surface area contributed by atoms with Gasteiger partial charge < -0.3 is 14.7 Å². The molecule has 1 heterocycles. The van der Waals surface area contributed by atoms with Crippen molar-refractivity contribution in [3.8, 4) is 11.5 Å². The smallest absolute Gasteiger partial charge is 0.252 e. The molecule has 3 aromatic rings. The first-order valence-corrected chi connectivity index (χ1v) is 10.1. The molecule has 0 aromatic heterocycles. The van der Waals surface area contributed by atoms with E-state index in [4.69, 9.17) is 4.74 Å². The van der Waals surface area contributed by atoms with Crippen molar-refractivity contribution in [2.45, 2.75) is 11.8 Å². The quantitative estimate of drug-likeness (QED) is 0.358. The Bertz CT molecular complexity index is 1240. The van der Waals surface area contributed by atoms with Crippen LogP contribution in [0.1, 0.15) is 18.1 Å². The average molecular weight is 421 g/mol. The topological polar surface area (TPSA) is 91.2 Å². The maximum absolute atomic E-state index is 12.2. The predicted octanol–water partition coefficient (Wildman–Crippen LogP) is 3.37. The lowest BCUT2D eigenvalue weighted by atomic mass is 10.1. The van der Waals surface area contributed by atoms with Crippen LogP contribution in [0.25, 0.3) is 6.08 Å². The van der Waals surface area contributed by atoms with E-state index in [1.165, 1.54) is 13.3 Å². The van der Waals surface area contributed by atoms with Gasteiger partial charge in [-0.2, -0.15) is 5.10 Å². The highest BCUT2D eigenvalue weighted by molar-refractivity contribution is 8.03. The first-order valence-electron chi connectivity index (χ1n) is 9.29. The van der Waals surface area contributed by atoms with Crippen LogP contribution in [-0.4, -0.2) is 25.0 Å². The molecule has 0 amide bonds. The summed E-state index contributed by atoms with van der Waals surface area (Å²) in [4.78, 5) is 27.4. The van der Waals surface area contributed by atoms with Crippen molar-refractivity contribution in [2.24, 2.45) is 5.10 Å². The first-order chi connectivity index (χ1) is 14.5. The Morgan fingerprint density at radius 3 is 2.73 bits per heavy atom. The van der Waals surface area contributed by atoms with Crippen LogP contribution < -0.4 is 25.9 Å². The van der Waals surface area contributed by atoms with Gasteiger partial charge in [0, 0.05) is 17.0 Å². The number of benzene rings is 2. The molecular formula is C22H19N3O4S. The zero-order valence-corrected chi connectivity index (χ0v) is 17.2. The zero-order chi connectivity index (χ0) is 21.3. The van der Waals surface area contributed by atoms with Crippen molar-refractivity contribution in [1.82, 2.24) is 0 Å². The van der Waals surface area contributed by atoms with Crippen LogP contribution in [0.15, 0.2) is 67.1 Å². The number of hydrogen-bond donors (Lipinski definition) is 2. The standard InChI is InChI=1S/C22H19N3O4S/c1-3-25-15-8-4-5-10-17(15)30-18(25)11-14-19(22(28)21(14)27)24-23-12-13-7-6-9-16(29-2)20(13)26/h4-12,24,26H,3H2,1-2H3/b18-11-,23-12+. The van der Waals surface area contributed by atoms with Crippen LogP contribution in [0.3, 0.4) is 0 Å². The second-order valence-corrected chi connectivity index (χ2v) is 7.57. The van der Waals surface area contributed by atoms with Gasteiger partial charge in [-0.05, 0) is 37.3 Å². The van der Waals surface area contributed by atoms with Gasteiger partial charge in [-0.3, -0.25) is 15.0 Å². The van der Waals surface area contributed by atoms with E-state index >= 15 is 0 Å². The van der Waals surface area contributed by atoms with Gasteiger partial charge >= 0.3 is 0 Å². The van der Waals surface area contributed by atoms with Crippen molar-refractivity contribution in [1.29, 1.82) is 0 Å². The van der Waals surface area contributed by atoms with Gasteiger partial charge in [0.15, 0.2) is 11.5 Å². The summed E-state index contributed by atoms with van der Waals surface area (Å²) in [5, 5.41) is 15.0. The highest BCUT2D eigenvalue weighted by atomic mass is 32.2. The second-order valence-electron chi connectivity index (χ2n) is 6.51. The number of nitrogens with one attached hydrogen (secondary N) is 1. The van der Waals surface area contributed by atoms with E-state index in [9.17, 15) is 14.7 Å². The molecule has 1 aliphatic heterocycles. The molecule has 1 aliphatic rings. The molecule has 30 heavy (non-hydrogen) atoms. The van der Waals surface area contributed by atoms with Crippen LogP contribution in [0, 0.1) is 0 Å². The molecule has 0 saturated heterocycles. The van der Waals surface area contributed by atoms with Crippen LogP contribution in [0.2, 0.25) is 0 Å². The number of thioether (sulfide) groups is 1. The minimum Gasteiger partial charge on any atom is -0.504 e. The van der Waals surface area contributed by atoms with Gasteiger partial charge in [0.1, 0.15) is 5.69 Å². The largest absolute Gasteiger partial charge is 0.504 e. The van der Waals surface area contributed by atoms with Crippen molar-refractivity contribution in [3.05, 3.63) is 79.1 Å². The number of hydrazone groups is 1. The molecule has 4 rings (SSSR count). The third-order valence-electron chi connectivity index (χ3n) is 4.80. The lowest BCUT2D eigenvalue weighted by molar-refractivity contribution is 0.373.